The third kappa shape index (κ3) is 2.50. The summed E-state index contributed by atoms with van der Waals surface area (Å²) < 4.78 is 5.04. The van der Waals surface area contributed by atoms with Crippen LogP contribution in [0.3, 0.4) is 0 Å². The minimum atomic E-state index is 1.25. The Morgan fingerprint density at radius 2 is 1.46 bits per heavy atom. The SMILES string of the molecule is Cc1ccc(N(I)c2cccc3c2sc2c(C)cccc23)c(C)c1. The summed E-state index contributed by atoms with van der Waals surface area (Å²) in [6.07, 6.45) is 0. The third-order valence-electron chi connectivity index (χ3n) is 4.48. The van der Waals surface area contributed by atoms with Crippen LogP contribution in [0.25, 0.3) is 20.2 Å². The zero-order chi connectivity index (χ0) is 16.8. The lowest BCUT2D eigenvalue weighted by atomic mass is 10.1. The minimum absolute atomic E-state index is 1.25. The van der Waals surface area contributed by atoms with Gasteiger partial charge in [-0.15, -0.1) is 11.3 Å². The molecule has 3 heteroatoms. The van der Waals surface area contributed by atoms with Crippen molar-refractivity contribution in [1.29, 1.82) is 0 Å². The summed E-state index contributed by atoms with van der Waals surface area (Å²) in [5.41, 5.74) is 6.48. The molecule has 0 atom stereocenters. The lowest BCUT2D eigenvalue weighted by Gasteiger charge is -2.20. The van der Waals surface area contributed by atoms with Gasteiger partial charge in [-0.05, 0) is 44.0 Å². The molecule has 4 aromatic rings. The van der Waals surface area contributed by atoms with Crippen LogP contribution in [0.1, 0.15) is 16.7 Å². The van der Waals surface area contributed by atoms with Gasteiger partial charge in [0.25, 0.3) is 0 Å². The lowest BCUT2D eigenvalue weighted by Crippen LogP contribution is -2.03. The number of halogens is 1. The molecule has 0 radical (unpaired) electrons. The highest BCUT2D eigenvalue weighted by Crippen LogP contribution is 2.44. The van der Waals surface area contributed by atoms with E-state index >= 15 is 0 Å². The van der Waals surface area contributed by atoms with Crippen LogP contribution in [0.4, 0.5) is 11.4 Å². The molecule has 0 amide bonds. The van der Waals surface area contributed by atoms with Crippen molar-refractivity contribution in [2.75, 3.05) is 3.11 Å². The maximum atomic E-state index is 2.43. The number of nitrogens with zero attached hydrogens (tertiary/aromatic N) is 1. The summed E-state index contributed by atoms with van der Waals surface area (Å²) in [6, 6.07) is 19.9. The van der Waals surface area contributed by atoms with E-state index in [-0.39, 0.29) is 0 Å². The van der Waals surface area contributed by atoms with Crippen LogP contribution < -0.4 is 3.11 Å². The van der Waals surface area contributed by atoms with Crippen LogP contribution in [0.2, 0.25) is 0 Å². The summed E-state index contributed by atoms with van der Waals surface area (Å²) in [5.74, 6) is 0. The van der Waals surface area contributed by atoms with Gasteiger partial charge >= 0.3 is 0 Å². The molecule has 1 aromatic heterocycles. The molecule has 0 fully saturated rings. The Morgan fingerprint density at radius 3 is 2.21 bits per heavy atom. The van der Waals surface area contributed by atoms with E-state index in [0.717, 1.165) is 0 Å². The largest absolute Gasteiger partial charge is 0.281 e. The van der Waals surface area contributed by atoms with E-state index in [1.807, 2.05) is 11.3 Å². The molecule has 1 heterocycles. The van der Waals surface area contributed by atoms with E-state index in [9.17, 15) is 0 Å². The van der Waals surface area contributed by atoms with Crippen molar-refractivity contribution in [3.05, 3.63) is 71.3 Å². The summed E-state index contributed by atoms with van der Waals surface area (Å²) >= 11 is 4.33. The van der Waals surface area contributed by atoms with Crippen molar-refractivity contribution in [3.8, 4) is 0 Å². The monoisotopic (exact) mass is 443 g/mol. The van der Waals surface area contributed by atoms with Crippen molar-refractivity contribution in [2.24, 2.45) is 0 Å². The Kier molecular flexibility index (Phi) is 4.01. The van der Waals surface area contributed by atoms with E-state index in [1.54, 1.807) is 0 Å². The van der Waals surface area contributed by atoms with Crippen molar-refractivity contribution in [1.82, 2.24) is 0 Å². The van der Waals surface area contributed by atoms with E-state index in [0.29, 0.717) is 0 Å². The fourth-order valence-corrected chi connectivity index (χ4v) is 5.64. The van der Waals surface area contributed by atoms with Crippen molar-refractivity contribution in [3.63, 3.8) is 0 Å². The first-order chi connectivity index (χ1) is 11.6. The van der Waals surface area contributed by atoms with Gasteiger partial charge in [-0.3, -0.25) is 3.11 Å². The molecule has 1 nitrogen and oxygen atoms in total. The topological polar surface area (TPSA) is 3.24 Å². The molecule has 0 bridgehead atoms. The molecule has 120 valence electrons. The number of hydrogen-bond donors (Lipinski definition) is 0. The second-order valence-electron chi connectivity index (χ2n) is 6.28. The molecular formula is C21H18INS. The molecule has 0 aliphatic carbocycles. The van der Waals surface area contributed by atoms with Crippen molar-refractivity contribution in [2.45, 2.75) is 20.8 Å². The molecule has 0 aliphatic heterocycles. The van der Waals surface area contributed by atoms with Gasteiger partial charge in [-0.2, -0.15) is 0 Å². The summed E-state index contributed by atoms with van der Waals surface area (Å²) in [7, 11) is 0. The second-order valence-corrected chi connectivity index (χ2v) is 8.26. The van der Waals surface area contributed by atoms with E-state index in [2.05, 4.69) is 101 Å². The van der Waals surface area contributed by atoms with Crippen LogP contribution in [-0.2, 0) is 0 Å². The highest BCUT2D eigenvalue weighted by Gasteiger charge is 2.15. The molecule has 24 heavy (non-hydrogen) atoms. The van der Waals surface area contributed by atoms with Gasteiger partial charge < -0.3 is 0 Å². The molecule has 4 rings (SSSR count). The smallest absolute Gasteiger partial charge is 0.0689 e. The van der Waals surface area contributed by atoms with E-state index in [4.69, 9.17) is 0 Å². The van der Waals surface area contributed by atoms with Gasteiger partial charge in [0, 0.05) is 15.5 Å². The fourth-order valence-electron chi connectivity index (χ4n) is 3.26. The van der Waals surface area contributed by atoms with Crippen LogP contribution in [-0.4, -0.2) is 0 Å². The number of anilines is 2. The van der Waals surface area contributed by atoms with E-state index in [1.165, 1.54) is 48.2 Å². The van der Waals surface area contributed by atoms with Gasteiger partial charge in [-0.1, -0.05) is 48.0 Å². The summed E-state index contributed by atoms with van der Waals surface area (Å²) in [6.45, 7) is 6.52. The number of rotatable bonds is 2. The molecule has 3 aromatic carbocycles. The number of fused-ring (bicyclic) bond motifs is 3. The molecule has 0 unspecified atom stereocenters. The molecule has 0 spiro atoms. The molecular weight excluding hydrogens is 425 g/mol. The molecule has 0 aliphatic rings. The number of thiophene rings is 1. The molecule has 0 N–H and O–H groups in total. The average molecular weight is 443 g/mol. The molecule has 0 saturated heterocycles. The van der Waals surface area contributed by atoms with Crippen LogP contribution in [0, 0.1) is 20.8 Å². The van der Waals surface area contributed by atoms with Crippen LogP contribution in [0.5, 0.6) is 0 Å². The Balaban J connectivity index is 1.96. The van der Waals surface area contributed by atoms with Gasteiger partial charge in [0.15, 0.2) is 0 Å². The number of hydrogen-bond acceptors (Lipinski definition) is 2. The highest BCUT2D eigenvalue weighted by atomic mass is 127. The lowest BCUT2D eigenvalue weighted by molar-refractivity contribution is 1.35. The van der Waals surface area contributed by atoms with Crippen molar-refractivity contribution < 1.29 is 0 Å². The molecule has 0 saturated carbocycles. The normalized spacial score (nSPS) is 11.3. The standard InChI is InChI=1S/C21H18INS/c1-13-10-11-18(15(3)12-13)23(22)19-9-5-8-17-16-7-4-6-14(2)20(16)24-21(17)19/h4-12H,1-3H3. The van der Waals surface area contributed by atoms with Crippen LogP contribution in [0.15, 0.2) is 54.6 Å². The average Bonchev–Trinajstić information content (AvgIpc) is 2.94. The van der Waals surface area contributed by atoms with Gasteiger partial charge in [0.1, 0.15) is 0 Å². The maximum Gasteiger partial charge on any atom is 0.0689 e. The zero-order valence-electron chi connectivity index (χ0n) is 13.9. The van der Waals surface area contributed by atoms with Gasteiger partial charge in [-0.25, -0.2) is 0 Å². The summed E-state index contributed by atoms with van der Waals surface area (Å²) in [4.78, 5) is 0. The fraction of sp³-hybridized carbons (Fsp3) is 0.143. The third-order valence-corrected chi connectivity index (χ3v) is 6.89. The first-order valence-corrected chi connectivity index (χ1v) is 9.78. The summed E-state index contributed by atoms with van der Waals surface area (Å²) in [5, 5.41) is 2.71. The highest BCUT2D eigenvalue weighted by molar-refractivity contribution is 14.1. The predicted octanol–water partition coefficient (Wildman–Crippen LogP) is 7.47. The Morgan fingerprint density at radius 1 is 0.750 bits per heavy atom. The quantitative estimate of drug-likeness (QED) is 0.230. The van der Waals surface area contributed by atoms with Crippen LogP contribution >= 0.6 is 34.2 Å². The number of aryl methyl sites for hydroxylation is 3. The van der Waals surface area contributed by atoms with Gasteiger partial charge in [0.2, 0.25) is 0 Å². The maximum absolute atomic E-state index is 2.43. The van der Waals surface area contributed by atoms with E-state index < -0.39 is 0 Å². The Hall–Kier alpha value is -1.59. The second kappa shape index (κ2) is 6.05. The predicted molar refractivity (Wildman–Crippen MR) is 116 cm³/mol. The Labute approximate surface area is 160 Å². The first-order valence-electron chi connectivity index (χ1n) is 8.00. The minimum Gasteiger partial charge on any atom is -0.281 e. The Bertz CT molecular complexity index is 1060. The van der Waals surface area contributed by atoms with Gasteiger partial charge in [0.05, 0.1) is 38.9 Å². The van der Waals surface area contributed by atoms with Crippen molar-refractivity contribution >= 4 is 65.7 Å². The number of benzene rings is 3. The first kappa shape index (κ1) is 15.9. The zero-order valence-corrected chi connectivity index (χ0v) is 16.9.